The van der Waals surface area contributed by atoms with Crippen LogP contribution in [0.25, 0.3) is 11.0 Å². The number of benzene rings is 1. The van der Waals surface area contributed by atoms with Gasteiger partial charge in [0, 0.05) is 36.2 Å². The van der Waals surface area contributed by atoms with Crippen LogP contribution in [0.1, 0.15) is 22.6 Å². The van der Waals surface area contributed by atoms with Gasteiger partial charge >= 0.3 is 5.63 Å². The average molecular weight is 342 g/mol. The van der Waals surface area contributed by atoms with Crippen LogP contribution in [0, 0.1) is 20.8 Å². The van der Waals surface area contributed by atoms with E-state index in [2.05, 4.69) is 10.1 Å². The van der Waals surface area contributed by atoms with Crippen LogP contribution >= 0.6 is 0 Å². The normalized spacial score (nSPS) is 11.4. The zero-order chi connectivity index (χ0) is 18.0. The molecule has 0 bridgehead atoms. The largest absolute Gasteiger partial charge is 0.492 e. The fourth-order valence-electron chi connectivity index (χ4n) is 2.79. The van der Waals surface area contributed by atoms with Gasteiger partial charge in [0.2, 0.25) is 0 Å². The number of ether oxygens (including phenoxy) is 1. The summed E-state index contributed by atoms with van der Waals surface area (Å²) in [7, 11) is 2.03. The van der Waals surface area contributed by atoms with Crippen LogP contribution in [0.3, 0.4) is 0 Å². The van der Waals surface area contributed by atoms with Gasteiger partial charge in [-0.25, -0.2) is 4.79 Å². The molecule has 132 valence electrons. The molecular formula is C19H22N2O4. The Balaban J connectivity index is 1.60. The second kappa shape index (κ2) is 7.11. The number of hydrogen-bond acceptors (Lipinski definition) is 6. The summed E-state index contributed by atoms with van der Waals surface area (Å²) in [5, 5.41) is 4.89. The molecule has 0 aliphatic heterocycles. The highest BCUT2D eigenvalue weighted by Gasteiger charge is 2.11. The molecule has 0 radical (unpaired) electrons. The monoisotopic (exact) mass is 342 g/mol. The molecule has 3 rings (SSSR count). The van der Waals surface area contributed by atoms with E-state index in [0.29, 0.717) is 17.9 Å². The summed E-state index contributed by atoms with van der Waals surface area (Å²) in [4.78, 5) is 13.6. The predicted octanol–water partition coefficient (Wildman–Crippen LogP) is 3.22. The number of likely N-dealkylation sites (N-methyl/N-ethyl adjacent to an activating group) is 1. The first-order chi connectivity index (χ1) is 11.9. The first kappa shape index (κ1) is 17.2. The van der Waals surface area contributed by atoms with Gasteiger partial charge in [0.05, 0.1) is 5.69 Å². The molecule has 2 aromatic heterocycles. The summed E-state index contributed by atoms with van der Waals surface area (Å²) in [6, 6.07) is 7.06. The van der Waals surface area contributed by atoms with Gasteiger partial charge in [-0.2, -0.15) is 0 Å². The summed E-state index contributed by atoms with van der Waals surface area (Å²) in [6.45, 7) is 7.80. The lowest BCUT2D eigenvalue weighted by Crippen LogP contribution is -2.24. The van der Waals surface area contributed by atoms with Crippen LogP contribution in [-0.2, 0) is 6.54 Å². The predicted molar refractivity (Wildman–Crippen MR) is 95.0 cm³/mol. The van der Waals surface area contributed by atoms with Crippen molar-refractivity contribution in [1.29, 1.82) is 0 Å². The molecule has 0 saturated heterocycles. The smallest absolute Gasteiger partial charge is 0.336 e. The highest BCUT2D eigenvalue weighted by molar-refractivity contribution is 5.81. The molecule has 0 saturated carbocycles. The Hall–Kier alpha value is -2.60. The van der Waals surface area contributed by atoms with Gasteiger partial charge in [-0.05, 0) is 45.5 Å². The molecule has 6 heteroatoms. The van der Waals surface area contributed by atoms with Gasteiger partial charge in [0.25, 0.3) is 0 Å². The number of rotatable bonds is 6. The van der Waals surface area contributed by atoms with Crippen molar-refractivity contribution in [2.45, 2.75) is 27.3 Å². The summed E-state index contributed by atoms with van der Waals surface area (Å²) in [6.07, 6.45) is 0. The van der Waals surface area contributed by atoms with E-state index in [1.165, 1.54) is 6.07 Å². The highest BCUT2D eigenvalue weighted by atomic mass is 16.5. The van der Waals surface area contributed by atoms with Crippen molar-refractivity contribution < 1.29 is 13.7 Å². The van der Waals surface area contributed by atoms with Gasteiger partial charge in [-0.3, -0.25) is 4.90 Å². The molecule has 1 aromatic carbocycles. The number of aryl methyl sites for hydroxylation is 3. The van der Waals surface area contributed by atoms with E-state index in [0.717, 1.165) is 41.1 Å². The Morgan fingerprint density at radius 1 is 1.20 bits per heavy atom. The van der Waals surface area contributed by atoms with Crippen LogP contribution < -0.4 is 10.4 Å². The van der Waals surface area contributed by atoms with Gasteiger partial charge < -0.3 is 13.7 Å². The summed E-state index contributed by atoms with van der Waals surface area (Å²) < 4.78 is 16.2. The molecule has 0 amide bonds. The minimum Gasteiger partial charge on any atom is -0.492 e. The minimum atomic E-state index is -0.346. The first-order valence-electron chi connectivity index (χ1n) is 8.21. The Morgan fingerprint density at radius 3 is 2.72 bits per heavy atom. The topological polar surface area (TPSA) is 68.7 Å². The van der Waals surface area contributed by atoms with E-state index >= 15 is 0 Å². The lowest BCUT2D eigenvalue weighted by Gasteiger charge is -2.17. The fraction of sp³-hybridized carbons (Fsp3) is 0.368. The molecule has 3 aromatic rings. The van der Waals surface area contributed by atoms with E-state index in [4.69, 9.17) is 13.7 Å². The van der Waals surface area contributed by atoms with Crippen molar-refractivity contribution in [3.8, 4) is 5.75 Å². The average Bonchev–Trinajstić information content (AvgIpc) is 2.86. The van der Waals surface area contributed by atoms with Crippen LogP contribution in [0.5, 0.6) is 5.75 Å². The lowest BCUT2D eigenvalue weighted by atomic mass is 10.1. The zero-order valence-corrected chi connectivity index (χ0v) is 15.0. The first-order valence-corrected chi connectivity index (χ1v) is 8.21. The SMILES string of the molecule is Cc1noc(C)c1CN(C)CCOc1ccc2c(C)cc(=O)oc2c1. The fourth-order valence-corrected chi connectivity index (χ4v) is 2.79. The Morgan fingerprint density at radius 2 is 2.00 bits per heavy atom. The maximum atomic E-state index is 11.5. The zero-order valence-electron chi connectivity index (χ0n) is 15.0. The Kier molecular flexibility index (Phi) is 4.90. The third-order valence-electron chi connectivity index (χ3n) is 4.27. The van der Waals surface area contributed by atoms with Gasteiger partial charge in [0.1, 0.15) is 23.7 Å². The van der Waals surface area contributed by atoms with E-state index in [-0.39, 0.29) is 5.63 Å². The maximum absolute atomic E-state index is 11.5. The van der Waals surface area contributed by atoms with E-state index in [1.807, 2.05) is 40.0 Å². The Bertz CT molecular complexity index is 923. The van der Waals surface area contributed by atoms with Crippen molar-refractivity contribution in [3.63, 3.8) is 0 Å². The van der Waals surface area contributed by atoms with E-state index in [1.54, 1.807) is 6.07 Å². The standard InChI is InChI=1S/C19H22N2O4/c1-12-9-19(22)24-18-10-15(5-6-16(12)18)23-8-7-21(4)11-17-13(2)20-25-14(17)3/h5-6,9-10H,7-8,11H2,1-4H3. The van der Waals surface area contributed by atoms with Gasteiger partial charge in [-0.1, -0.05) is 5.16 Å². The summed E-state index contributed by atoms with van der Waals surface area (Å²) >= 11 is 0. The number of fused-ring (bicyclic) bond motifs is 1. The molecule has 6 nitrogen and oxygen atoms in total. The van der Waals surface area contributed by atoms with Crippen molar-refractivity contribution in [2.75, 3.05) is 20.2 Å². The number of aromatic nitrogens is 1. The van der Waals surface area contributed by atoms with Gasteiger partial charge in [0.15, 0.2) is 0 Å². The van der Waals surface area contributed by atoms with Crippen LogP contribution in [0.15, 0.2) is 38.0 Å². The van der Waals surface area contributed by atoms with Gasteiger partial charge in [-0.15, -0.1) is 0 Å². The third-order valence-corrected chi connectivity index (χ3v) is 4.27. The molecule has 0 aliphatic rings. The number of hydrogen-bond donors (Lipinski definition) is 0. The lowest BCUT2D eigenvalue weighted by molar-refractivity contribution is 0.232. The molecule has 0 spiro atoms. The van der Waals surface area contributed by atoms with Crippen LogP contribution in [-0.4, -0.2) is 30.3 Å². The quantitative estimate of drug-likeness (QED) is 0.641. The van der Waals surface area contributed by atoms with Crippen molar-refractivity contribution >= 4 is 11.0 Å². The van der Waals surface area contributed by atoms with Crippen molar-refractivity contribution in [1.82, 2.24) is 10.1 Å². The summed E-state index contributed by atoms with van der Waals surface area (Å²) in [5.41, 5.74) is 3.14. The van der Waals surface area contributed by atoms with E-state index in [9.17, 15) is 4.79 Å². The molecule has 0 atom stereocenters. The molecule has 0 aliphatic carbocycles. The third kappa shape index (κ3) is 3.91. The van der Waals surface area contributed by atoms with E-state index < -0.39 is 0 Å². The van der Waals surface area contributed by atoms with Crippen molar-refractivity contribution in [2.24, 2.45) is 0 Å². The molecule has 2 heterocycles. The molecule has 0 fully saturated rings. The molecule has 0 N–H and O–H groups in total. The maximum Gasteiger partial charge on any atom is 0.336 e. The molecular weight excluding hydrogens is 320 g/mol. The van der Waals surface area contributed by atoms with Crippen molar-refractivity contribution in [3.05, 3.63) is 57.3 Å². The van der Waals surface area contributed by atoms with Crippen LogP contribution in [0.4, 0.5) is 0 Å². The second-order valence-electron chi connectivity index (χ2n) is 6.30. The highest BCUT2D eigenvalue weighted by Crippen LogP contribution is 2.22. The Labute approximate surface area is 146 Å². The second-order valence-corrected chi connectivity index (χ2v) is 6.30. The minimum absolute atomic E-state index is 0.346. The number of nitrogens with zero attached hydrogens (tertiary/aromatic N) is 2. The summed E-state index contributed by atoms with van der Waals surface area (Å²) in [5.74, 6) is 1.54. The molecule has 0 unspecified atom stereocenters. The van der Waals surface area contributed by atoms with Crippen LogP contribution in [0.2, 0.25) is 0 Å². The molecule has 25 heavy (non-hydrogen) atoms.